The van der Waals surface area contributed by atoms with Crippen LogP contribution >= 0.6 is 0 Å². The van der Waals surface area contributed by atoms with Crippen LogP contribution < -0.4 is 5.32 Å². The molecule has 4 nitrogen and oxygen atoms in total. The van der Waals surface area contributed by atoms with E-state index in [1.54, 1.807) is 6.20 Å². The number of nitrogens with one attached hydrogen (secondary N) is 1. The number of aryl methyl sites for hydroxylation is 1. The Kier molecular flexibility index (Phi) is 5.53. The molecule has 0 bridgehead atoms. The van der Waals surface area contributed by atoms with Gasteiger partial charge >= 0.3 is 0 Å². The first-order valence-corrected chi connectivity index (χ1v) is 7.57. The maximum atomic E-state index is 12.6. The van der Waals surface area contributed by atoms with Gasteiger partial charge in [0, 0.05) is 18.8 Å². The number of rotatable bonds is 5. The van der Waals surface area contributed by atoms with Crippen LogP contribution in [-0.2, 0) is 11.2 Å². The van der Waals surface area contributed by atoms with Crippen LogP contribution in [-0.4, -0.2) is 42.0 Å². The van der Waals surface area contributed by atoms with Crippen molar-refractivity contribution in [3.63, 3.8) is 0 Å². The fourth-order valence-corrected chi connectivity index (χ4v) is 2.89. The lowest BCUT2D eigenvalue weighted by Gasteiger charge is -2.36. The molecule has 1 atom stereocenters. The molecule has 1 aliphatic heterocycles. The van der Waals surface area contributed by atoms with Gasteiger partial charge in [-0.15, -0.1) is 0 Å². The van der Waals surface area contributed by atoms with Gasteiger partial charge in [-0.1, -0.05) is 6.07 Å². The van der Waals surface area contributed by atoms with Gasteiger partial charge in [0.1, 0.15) is 0 Å². The van der Waals surface area contributed by atoms with E-state index in [1.807, 2.05) is 26.1 Å². The van der Waals surface area contributed by atoms with Crippen molar-refractivity contribution in [3.8, 4) is 0 Å². The second-order valence-electron chi connectivity index (χ2n) is 5.57. The van der Waals surface area contributed by atoms with Gasteiger partial charge in [-0.25, -0.2) is 0 Å². The number of likely N-dealkylation sites (tertiary alicyclic amines) is 1. The Labute approximate surface area is 121 Å². The normalized spacial score (nSPS) is 19.1. The predicted molar refractivity (Wildman–Crippen MR) is 80.6 cm³/mol. The first-order valence-electron chi connectivity index (χ1n) is 7.57. The molecular weight excluding hydrogens is 250 g/mol. The van der Waals surface area contributed by atoms with Gasteiger partial charge in [0.2, 0.25) is 5.91 Å². The van der Waals surface area contributed by atoms with Crippen LogP contribution in [0.25, 0.3) is 0 Å². The van der Waals surface area contributed by atoms with Crippen LogP contribution in [0.1, 0.15) is 36.9 Å². The van der Waals surface area contributed by atoms with E-state index in [4.69, 9.17) is 0 Å². The summed E-state index contributed by atoms with van der Waals surface area (Å²) in [5.41, 5.74) is 2.01. The van der Waals surface area contributed by atoms with Crippen LogP contribution in [0.15, 0.2) is 18.3 Å². The van der Waals surface area contributed by atoms with E-state index in [1.165, 1.54) is 6.42 Å². The van der Waals surface area contributed by atoms with Crippen molar-refractivity contribution in [1.82, 2.24) is 15.2 Å². The van der Waals surface area contributed by atoms with Gasteiger partial charge < -0.3 is 10.2 Å². The Hall–Kier alpha value is -1.42. The van der Waals surface area contributed by atoms with Crippen molar-refractivity contribution in [2.45, 2.75) is 45.1 Å². The molecule has 1 aromatic rings. The molecule has 0 radical (unpaired) electrons. The molecule has 2 heterocycles. The summed E-state index contributed by atoms with van der Waals surface area (Å²) < 4.78 is 0. The fourth-order valence-electron chi connectivity index (χ4n) is 2.89. The molecule has 1 aromatic heterocycles. The molecule has 2 rings (SSSR count). The van der Waals surface area contributed by atoms with E-state index in [9.17, 15) is 4.79 Å². The van der Waals surface area contributed by atoms with Crippen LogP contribution in [0.3, 0.4) is 0 Å². The van der Waals surface area contributed by atoms with Crippen molar-refractivity contribution in [2.24, 2.45) is 0 Å². The minimum atomic E-state index is 0.229. The third-order valence-corrected chi connectivity index (χ3v) is 4.11. The van der Waals surface area contributed by atoms with Crippen LogP contribution in [0.5, 0.6) is 0 Å². The van der Waals surface area contributed by atoms with Gasteiger partial charge in [0.15, 0.2) is 0 Å². The zero-order valence-corrected chi connectivity index (χ0v) is 12.6. The summed E-state index contributed by atoms with van der Waals surface area (Å²) in [7, 11) is 1.96. The summed E-state index contributed by atoms with van der Waals surface area (Å²) in [5.74, 6) is 0.229. The summed E-state index contributed by atoms with van der Waals surface area (Å²) in [5, 5.41) is 3.18. The molecule has 0 aliphatic carbocycles. The quantitative estimate of drug-likeness (QED) is 0.893. The Morgan fingerprint density at radius 3 is 3.10 bits per heavy atom. The molecule has 4 heteroatoms. The zero-order valence-electron chi connectivity index (χ0n) is 12.6. The predicted octanol–water partition coefficient (Wildman–Crippen LogP) is 1.92. The lowest BCUT2D eigenvalue weighted by molar-refractivity contribution is -0.134. The SMILES string of the molecule is CNCCC1CCCCN1C(=O)Cc1ncccc1C. The largest absolute Gasteiger partial charge is 0.339 e. The second kappa shape index (κ2) is 7.39. The lowest BCUT2D eigenvalue weighted by Crippen LogP contribution is -2.45. The molecular formula is C16H25N3O. The topological polar surface area (TPSA) is 45.2 Å². The Morgan fingerprint density at radius 1 is 1.50 bits per heavy atom. The van der Waals surface area contributed by atoms with E-state index < -0.39 is 0 Å². The molecule has 0 aromatic carbocycles. The fraction of sp³-hybridized carbons (Fsp3) is 0.625. The van der Waals surface area contributed by atoms with Crippen LogP contribution in [0.4, 0.5) is 0 Å². The number of aromatic nitrogens is 1. The number of carbonyl (C=O) groups is 1. The standard InChI is InChI=1S/C16H25N3O/c1-13-6-5-9-18-15(13)12-16(20)19-11-4-3-7-14(19)8-10-17-2/h5-6,9,14,17H,3-4,7-8,10-12H2,1-2H3. The minimum Gasteiger partial charge on any atom is -0.339 e. The molecule has 1 unspecified atom stereocenters. The van der Waals surface area contributed by atoms with Crippen molar-refractivity contribution in [2.75, 3.05) is 20.1 Å². The first-order chi connectivity index (χ1) is 9.72. The van der Waals surface area contributed by atoms with E-state index in [0.29, 0.717) is 12.5 Å². The maximum Gasteiger partial charge on any atom is 0.228 e. The number of nitrogens with zero attached hydrogens (tertiary/aromatic N) is 2. The van der Waals surface area contributed by atoms with E-state index in [2.05, 4.69) is 15.2 Å². The molecule has 1 amide bonds. The Balaban J connectivity index is 2.00. The number of carbonyl (C=O) groups excluding carboxylic acids is 1. The van der Waals surface area contributed by atoms with Crippen LogP contribution in [0.2, 0.25) is 0 Å². The molecule has 0 spiro atoms. The average molecular weight is 275 g/mol. The van der Waals surface area contributed by atoms with E-state index in [-0.39, 0.29) is 5.91 Å². The van der Waals surface area contributed by atoms with Crippen molar-refractivity contribution < 1.29 is 4.79 Å². The van der Waals surface area contributed by atoms with Crippen molar-refractivity contribution >= 4 is 5.91 Å². The molecule has 110 valence electrons. The summed E-state index contributed by atoms with van der Waals surface area (Å²) >= 11 is 0. The van der Waals surface area contributed by atoms with Gasteiger partial charge in [0.05, 0.1) is 12.1 Å². The highest BCUT2D eigenvalue weighted by Crippen LogP contribution is 2.20. The Morgan fingerprint density at radius 2 is 2.35 bits per heavy atom. The van der Waals surface area contributed by atoms with Gasteiger partial charge in [-0.2, -0.15) is 0 Å². The van der Waals surface area contributed by atoms with Crippen molar-refractivity contribution in [3.05, 3.63) is 29.6 Å². The minimum absolute atomic E-state index is 0.229. The van der Waals surface area contributed by atoms with Crippen molar-refractivity contribution in [1.29, 1.82) is 0 Å². The average Bonchev–Trinajstić information content (AvgIpc) is 2.47. The number of hydrogen-bond acceptors (Lipinski definition) is 3. The summed E-state index contributed by atoms with van der Waals surface area (Å²) in [6.45, 7) is 3.89. The number of amides is 1. The number of pyridine rings is 1. The molecule has 20 heavy (non-hydrogen) atoms. The maximum absolute atomic E-state index is 12.6. The lowest BCUT2D eigenvalue weighted by atomic mass is 9.98. The summed E-state index contributed by atoms with van der Waals surface area (Å²) in [4.78, 5) is 19.0. The molecule has 1 N–H and O–H groups in total. The number of piperidine rings is 1. The molecule has 1 aliphatic rings. The highest BCUT2D eigenvalue weighted by molar-refractivity contribution is 5.79. The summed E-state index contributed by atoms with van der Waals surface area (Å²) in [6.07, 6.45) is 6.74. The number of hydrogen-bond donors (Lipinski definition) is 1. The highest BCUT2D eigenvalue weighted by Gasteiger charge is 2.26. The third-order valence-electron chi connectivity index (χ3n) is 4.11. The summed E-state index contributed by atoms with van der Waals surface area (Å²) in [6, 6.07) is 4.33. The van der Waals surface area contributed by atoms with Gasteiger partial charge in [-0.3, -0.25) is 9.78 Å². The van der Waals surface area contributed by atoms with Crippen LogP contribution in [0, 0.1) is 6.92 Å². The van der Waals surface area contributed by atoms with Gasteiger partial charge in [-0.05, 0) is 57.8 Å². The van der Waals surface area contributed by atoms with E-state index >= 15 is 0 Å². The molecule has 1 fully saturated rings. The smallest absolute Gasteiger partial charge is 0.228 e. The van der Waals surface area contributed by atoms with Gasteiger partial charge in [0.25, 0.3) is 0 Å². The first kappa shape index (κ1) is 15.0. The Bertz CT molecular complexity index is 447. The van der Waals surface area contributed by atoms with E-state index in [0.717, 1.165) is 43.6 Å². The molecule has 1 saturated heterocycles. The second-order valence-corrected chi connectivity index (χ2v) is 5.57. The monoisotopic (exact) mass is 275 g/mol. The third kappa shape index (κ3) is 3.79. The molecule has 0 saturated carbocycles. The zero-order chi connectivity index (χ0) is 14.4. The highest BCUT2D eigenvalue weighted by atomic mass is 16.2.